The Labute approximate surface area is 124 Å². The maximum atomic E-state index is 12.7. The molecule has 0 heterocycles. The molecule has 112 valence electrons. The molecule has 0 aromatic heterocycles. The third-order valence-corrected chi connectivity index (χ3v) is 4.36. The first-order valence-corrected chi connectivity index (χ1v) is 7.54. The molecule has 0 saturated heterocycles. The maximum Gasteiger partial charge on any atom is 0.312 e. The van der Waals surface area contributed by atoms with Gasteiger partial charge in [-0.1, -0.05) is 24.3 Å². The smallest absolute Gasteiger partial charge is 0.312 e. The highest BCUT2D eigenvalue weighted by molar-refractivity contribution is 5.87. The van der Waals surface area contributed by atoms with Crippen molar-refractivity contribution in [1.29, 1.82) is 0 Å². The average molecular weight is 287 g/mol. The fraction of sp³-hybridized carbons (Fsp3) is 0.500. The highest BCUT2D eigenvalue weighted by atomic mass is 16.2. The number of benzene rings is 1. The van der Waals surface area contributed by atoms with E-state index < -0.39 is 12.1 Å². The molecule has 1 saturated carbocycles. The van der Waals surface area contributed by atoms with Crippen LogP contribution in [0.2, 0.25) is 0 Å². The molecule has 5 nitrogen and oxygen atoms in total. The predicted octanol–water partition coefficient (Wildman–Crippen LogP) is 1.72. The Kier molecular flexibility index (Phi) is 3.57. The molecule has 0 spiro atoms. The molecule has 2 aliphatic carbocycles. The Bertz CT molecular complexity index is 568. The number of nitrogens with zero attached hydrogens (tertiary/aromatic N) is 1. The summed E-state index contributed by atoms with van der Waals surface area (Å²) >= 11 is 0. The van der Waals surface area contributed by atoms with E-state index in [0.717, 1.165) is 25.7 Å². The van der Waals surface area contributed by atoms with Crippen LogP contribution in [0.15, 0.2) is 24.3 Å². The van der Waals surface area contributed by atoms with Crippen molar-refractivity contribution < 1.29 is 9.59 Å². The number of primary amides is 1. The fourth-order valence-electron chi connectivity index (χ4n) is 3.26. The molecule has 21 heavy (non-hydrogen) atoms. The number of carbonyl (C=O) groups is 2. The van der Waals surface area contributed by atoms with Gasteiger partial charge in [-0.2, -0.15) is 0 Å². The molecule has 2 aliphatic rings. The second kappa shape index (κ2) is 5.39. The summed E-state index contributed by atoms with van der Waals surface area (Å²) in [5, 5.41) is 2.50. The van der Waals surface area contributed by atoms with E-state index in [4.69, 9.17) is 5.73 Å². The van der Waals surface area contributed by atoms with Gasteiger partial charge in [0.05, 0.1) is 6.04 Å². The van der Waals surface area contributed by atoms with Gasteiger partial charge in [-0.15, -0.1) is 0 Å². The van der Waals surface area contributed by atoms with Gasteiger partial charge in [-0.05, 0) is 43.7 Å². The number of aryl methyl sites for hydroxylation is 1. The Hall–Kier alpha value is -2.04. The van der Waals surface area contributed by atoms with E-state index >= 15 is 0 Å². The van der Waals surface area contributed by atoms with Crippen LogP contribution in [0, 0.1) is 0 Å². The molecule has 3 N–H and O–H groups in total. The quantitative estimate of drug-likeness (QED) is 0.884. The normalized spacial score (nSPS) is 21.5. The van der Waals surface area contributed by atoms with Crippen LogP contribution in [0.3, 0.4) is 0 Å². The van der Waals surface area contributed by atoms with Crippen molar-refractivity contribution in [2.24, 2.45) is 5.73 Å². The molecule has 1 fully saturated rings. The van der Waals surface area contributed by atoms with E-state index in [-0.39, 0.29) is 11.9 Å². The first kappa shape index (κ1) is 13.9. The molecule has 3 rings (SSSR count). The number of nitrogens with one attached hydrogen (secondary N) is 1. The first-order chi connectivity index (χ1) is 10.1. The van der Waals surface area contributed by atoms with Crippen molar-refractivity contribution in [3.8, 4) is 0 Å². The van der Waals surface area contributed by atoms with Crippen LogP contribution >= 0.6 is 0 Å². The molecule has 5 heteroatoms. The lowest BCUT2D eigenvalue weighted by molar-refractivity contribution is -0.136. The zero-order valence-corrected chi connectivity index (χ0v) is 12.2. The van der Waals surface area contributed by atoms with Crippen molar-refractivity contribution in [2.45, 2.75) is 50.7 Å². The van der Waals surface area contributed by atoms with Gasteiger partial charge in [0.2, 0.25) is 5.91 Å². The van der Waals surface area contributed by atoms with Crippen LogP contribution in [0.25, 0.3) is 0 Å². The summed E-state index contributed by atoms with van der Waals surface area (Å²) < 4.78 is 0. The van der Waals surface area contributed by atoms with Crippen molar-refractivity contribution >= 4 is 11.9 Å². The van der Waals surface area contributed by atoms with Crippen molar-refractivity contribution in [3.63, 3.8) is 0 Å². The maximum absolute atomic E-state index is 12.7. The van der Waals surface area contributed by atoms with E-state index in [1.807, 2.05) is 17.0 Å². The first-order valence-electron chi connectivity index (χ1n) is 7.54. The molecule has 1 aromatic rings. The lowest BCUT2D eigenvalue weighted by Gasteiger charge is -2.32. The number of fused-ring (bicyclic) bond motifs is 1. The summed E-state index contributed by atoms with van der Waals surface area (Å²) in [6, 6.07) is 7.54. The highest BCUT2D eigenvalue weighted by Gasteiger charge is 2.41. The minimum Gasteiger partial charge on any atom is -0.352 e. The number of carbonyl (C=O) groups excluding carboxylic acids is 2. The minimum absolute atomic E-state index is 0.0296. The Morgan fingerprint density at radius 1 is 1.29 bits per heavy atom. The van der Waals surface area contributed by atoms with Crippen LogP contribution < -0.4 is 11.1 Å². The predicted molar refractivity (Wildman–Crippen MR) is 79.6 cm³/mol. The zero-order valence-electron chi connectivity index (χ0n) is 12.2. The molecule has 0 radical (unpaired) electrons. The Morgan fingerprint density at radius 3 is 2.67 bits per heavy atom. The van der Waals surface area contributed by atoms with Gasteiger partial charge in [0.25, 0.3) is 0 Å². The molecule has 3 amide bonds. The summed E-state index contributed by atoms with van der Waals surface area (Å²) in [4.78, 5) is 25.7. The Morgan fingerprint density at radius 2 is 2.00 bits per heavy atom. The molecular formula is C16H21N3O2. The van der Waals surface area contributed by atoms with Gasteiger partial charge in [0.15, 0.2) is 0 Å². The number of urea groups is 1. The van der Waals surface area contributed by atoms with Crippen LogP contribution in [0.4, 0.5) is 4.79 Å². The molecule has 0 bridgehead atoms. The molecule has 1 aromatic carbocycles. The number of rotatable bonds is 4. The van der Waals surface area contributed by atoms with E-state index in [0.29, 0.717) is 6.04 Å². The summed E-state index contributed by atoms with van der Waals surface area (Å²) in [6.07, 6.45) is 4.07. The topological polar surface area (TPSA) is 75.4 Å². The highest BCUT2D eigenvalue weighted by Crippen LogP contribution is 2.42. The second-order valence-corrected chi connectivity index (χ2v) is 5.96. The largest absolute Gasteiger partial charge is 0.352 e. The zero-order chi connectivity index (χ0) is 15.0. The van der Waals surface area contributed by atoms with Gasteiger partial charge in [-0.3, -0.25) is 4.79 Å². The van der Waals surface area contributed by atoms with E-state index in [2.05, 4.69) is 17.4 Å². The second-order valence-electron chi connectivity index (χ2n) is 5.96. The number of hydrogen-bond acceptors (Lipinski definition) is 2. The SMILES string of the molecule is CC(NC(N)=O)C(=O)N(C1CC1)C1CCc2ccccc21. The van der Waals surface area contributed by atoms with E-state index in [9.17, 15) is 9.59 Å². The standard InChI is InChI=1S/C16H21N3O2/c1-10(18-16(17)21)15(20)19(12-7-8-12)14-9-6-11-4-2-3-5-13(11)14/h2-5,10,12,14H,6-9H2,1H3,(H3,17,18,21). The monoisotopic (exact) mass is 287 g/mol. The van der Waals surface area contributed by atoms with Crippen molar-refractivity contribution in [2.75, 3.05) is 0 Å². The van der Waals surface area contributed by atoms with Crippen LogP contribution in [0.1, 0.15) is 43.4 Å². The Balaban J connectivity index is 1.83. The van der Waals surface area contributed by atoms with Gasteiger partial charge >= 0.3 is 6.03 Å². The lowest BCUT2D eigenvalue weighted by Crippen LogP contribution is -2.50. The number of nitrogens with two attached hydrogens (primary N) is 1. The van der Waals surface area contributed by atoms with Gasteiger partial charge in [-0.25, -0.2) is 4.79 Å². The molecular weight excluding hydrogens is 266 g/mol. The molecule has 0 aliphatic heterocycles. The summed E-state index contributed by atoms with van der Waals surface area (Å²) in [5.41, 5.74) is 7.72. The molecule has 2 unspecified atom stereocenters. The van der Waals surface area contributed by atoms with Crippen LogP contribution in [-0.2, 0) is 11.2 Å². The summed E-state index contributed by atoms with van der Waals surface area (Å²) in [7, 11) is 0. The lowest BCUT2D eigenvalue weighted by atomic mass is 10.1. The van der Waals surface area contributed by atoms with E-state index in [1.165, 1.54) is 11.1 Å². The van der Waals surface area contributed by atoms with Gasteiger partial charge < -0.3 is 16.0 Å². The third kappa shape index (κ3) is 2.73. The average Bonchev–Trinajstić information content (AvgIpc) is 3.19. The summed E-state index contributed by atoms with van der Waals surface area (Å²) in [5.74, 6) is -0.0296. The fourth-order valence-corrected chi connectivity index (χ4v) is 3.26. The minimum atomic E-state index is -0.654. The van der Waals surface area contributed by atoms with E-state index in [1.54, 1.807) is 6.92 Å². The molecule has 2 atom stereocenters. The number of amides is 3. The number of hydrogen-bond donors (Lipinski definition) is 2. The van der Waals surface area contributed by atoms with Crippen molar-refractivity contribution in [1.82, 2.24) is 10.2 Å². The van der Waals surface area contributed by atoms with Crippen LogP contribution in [-0.4, -0.2) is 28.9 Å². The summed E-state index contributed by atoms with van der Waals surface area (Å²) in [6.45, 7) is 1.70. The van der Waals surface area contributed by atoms with Gasteiger partial charge in [0.1, 0.15) is 6.04 Å². The van der Waals surface area contributed by atoms with Crippen LogP contribution in [0.5, 0.6) is 0 Å². The third-order valence-electron chi connectivity index (χ3n) is 4.36. The van der Waals surface area contributed by atoms with Crippen molar-refractivity contribution in [3.05, 3.63) is 35.4 Å². The van der Waals surface area contributed by atoms with Gasteiger partial charge in [0, 0.05) is 6.04 Å².